The number of hydrogen-bond acceptors (Lipinski definition) is 2. The molecule has 2 heterocycles. The molecule has 0 amide bonds. The molecule has 2 fully saturated rings. The zero-order valence-electron chi connectivity index (χ0n) is 8.92. The molecule has 0 aromatic rings. The Bertz CT molecular complexity index is 161. The molecule has 0 bridgehead atoms. The number of likely N-dealkylation sites (tertiary alicyclic amines) is 1. The van der Waals surface area contributed by atoms with Gasteiger partial charge in [0, 0.05) is 24.7 Å². The van der Waals surface area contributed by atoms with Gasteiger partial charge in [0.05, 0.1) is 0 Å². The van der Waals surface area contributed by atoms with Gasteiger partial charge in [-0.2, -0.15) is 0 Å². The lowest BCUT2D eigenvalue weighted by atomic mass is 10.0. The predicted molar refractivity (Wildman–Crippen MR) is 55.9 cm³/mol. The fourth-order valence-corrected chi connectivity index (χ4v) is 2.76. The van der Waals surface area contributed by atoms with Gasteiger partial charge in [-0.1, -0.05) is 0 Å². The number of nitrogens with one attached hydrogen (secondary N) is 1. The highest BCUT2D eigenvalue weighted by Crippen LogP contribution is 2.23. The Labute approximate surface area is 81.7 Å². The molecule has 2 rings (SSSR count). The van der Waals surface area contributed by atoms with E-state index < -0.39 is 0 Å². The monoisotopic (exact) mass is 182 g/mol. The SMILES string of the molecule is CC1CCC(N2CCCC2C)CN1. The largest absolute Gasteiger partial charge is 0.313 e. The van der Waals surface area contributed by atoms with Crippen LogP contribution in [0.1, 0.15) is 39.5 Å². The number of nitrogens with zero attached hydrogens (tertiary/aromatic N) is 1. The van der Waals surface area contributed by atoms with Crippen LogP contribution in [0, 0.1) is 0 Å². The maximum atomic E-state index is 3.59. The van der Waals surface area contributed by atoms with Crippen LogP contribution in [0.25, 0.3) is 0 Å². The van der Waals surface area contributed by atoms with E-state index in [1.807, 2.05) is 0 Å². The Hall–Kier alpha value is -0.0800. The van der Waals surface area contributed by atoms with Crippen molar-refractivity contribution in [2.24, 2.45) is 0 Å². The molecule has 0 aromatic heterocycles. The minimum atomic E-state index is 0.745. The molecule has 76 valence electrons. The van der Waals surface area contributed by atoms with Crippen LogP contribution < -0.4 is 5.32 Å². The molecule has 0 saturated carbocycles. The highest BCUT2D eigenvalue weighted by atomic mass is 15.2. The normalized spacial score (nSPS) is 42.5. The molecule has 2 aliphatic heterocycles. The summed E-state index contributed by atoms with van der Waals surface area (Å²) in [6.07, 6.45) is 5.58. The minimum Gasteiger partial charge on any atom is -0.313 e. The topological polar surface area (TPSA) is 15.3 Å². The van der Waals surface area contributed by atoms with E-state index in [2.05, 4.69) is 24.1 Å². The Morgan fingerprint density at radius 1 is 1.15 bits per heavy atom. The summed E-state index contributed by atoms with van der Waals surface area (Å²) < 4.78 is 0. The van der Waals surface area contributed by atoms with E-state index in [4.69, 9.17) is 0 Å². The highest BCUT2D eigenvalue weighted by Gasteiger charge is 2.29. The molecular weight excluding hydrogens is 160 g/mol. The van der Waals surface area contributed by atoms with Crippen molar-refractivity contribution in [3.8, 4) is 0 Å². The molecule has 1 N–H and O–H groups in total. The van der Waals surface area contributed by atoms with Crippen LogP contribution in [0.5, 0.6) is 0 Å². The lowest BCUT2D eigenvalue weighted by Gasteiger charge is -2.36. The van der Waals surface area contributed by atoms with E-state index >= 15 is 0 Å². The molecule has 0 aliphatic carbocycles. The maximum absolute atomic E-state index is 3.59. The summed E-state index contributed by atoms with van der Waals surface area (Å²) in [5.74, 6) is 0. The van der Waals surface area contributed by atoms with Crippen molar-refractivity contribution in [1.82, 2.24) is 10.2 Å². The summed E-state index contributed by atoms with van der Waals surface area (Å²) in [4.78, 5) is 2.71. The Morgan fingerprint density at radius 3 is 2.54 bits per heavy atom. The van der Waals surface area contributed by atoms with Crippen LogP contribution in [-0.2, 0) is 0 Å². The molecule has 0 radical (unpaired) electrons. The molecule has 0 spiro atoms. The first-order valence-corrected chi connectivity index (χ1v) is 5.76. The zero-order chi connectivity index (χ0) is 9.26. The van der Waals surface area contributed by atoms with Crippen molar-refractivity contribution in [3.63, 3.8) is 0 Å². The fraction of sp³-hybridized carbons (Fsp3) is 1.00. The third kappa shape index (κ3) is 2.05. The summed E-state index contributed by atoms with van der Waals surface area (Å²) >= 11 is 0. The third-order valence-electron chi connectivity index (χ3n) is 3.71. The Kier molecular flexibility index (Phi) is 2.89. The predicted octanol–water partition coefficient (Wildman–Crippen LogP) is 1.61. The van der Waals surface area contributed by atoms with Gasteiger partial charge in [0.1, 0.15) is 0 Å². The van der Waals surface area contributed by atoms with Gasteiger partial charge in [-0.3, -0.25) is 4.90 Å². The molecule has 3 atom stereocenters. The van der Waals surface area contributed by atoms with Crippen LogP contribution in [0.15, 0.2) is 0 Å². The van der Waals surface area contributed by atoms with Crippen LogP contribution >= 0.6 is 0 Å². The second kappa shape index (κ2) is 3.97. The molecule has 2 saturated heterocycles. The summed E-state index contributed by atoms with van der Waals surface area (Å²) in [5, 5.41) is 3.59. The average Bonchev–Trinajstić information content (AvgIpc) is 2.53. The van der Waals surface area contributed by atoms with Gasteiger partial charge in [0.25, 0.3) is 0 Å². The summed E-state index contributed by atoms with van der Waals surface area (Å²) in [6.45, 7) is 7.22. The van der Waals surface area contributed by atoms with Crippen LogP contribution in [-0.4, -0.2) is 36.1 Å². The molecule has 13 heavy (non-hydrogen) atoms. The van der Waals surface area contributed by atoms with Crippen LogP contribution in [0.4, 0.5) is 0 Å². The first kappa shape index (κ1) is 9.47. The van der Waals surface area contributed by atoms with Crippen molar-refractivity contribution in [1.29, 1.82) is 0 Å². The smallest absolute Gasteiger partial charge is 0.0224 e. The summed E-state index contributed by atoms with van der Waals surface area (Å²) in [5.41, 5.74) is 0. The second-order valence-electron chi connectivity index (χ2n) is 4.77. The van der Waals surface area contributed by atoms with Gasteiger partial charge in [-0.15, -0.1) is 0 Å². The quantitative estimate of drug-likeness (QED) is 0.663. The summed E-state index contributed by atoms with van der Waals surface area (Å²) in [7, 11) is 0. The lowest BCUT2D eigenvalue weighted by molar-refractivity contribution is 0.149. The first-order valence-electron chi connectivity index (χ1n) is 5.76. The zero-order valence-corrected chi connectivity index (χ0v) is 8.92. The molecule has 2 nitrogen and oxygen atoms in total. The van der Waals surface area contributed by atoms with E-state index in [1.165, 1.54) is 38.8 Å². The lowest BCUT2D eigenvalue weighted by Crippen LogP contribution is -2.49. The Morgan fingerprint density at radius 2 is 2.00 bits per heavy atom. The molecule has 0 aromatic carbocycles. The van der Waals surface area contributed by atoms with Gasteiger partial charge in [-0.05, 0) is 46.1 Å². The van der Waals surface area contributed by atoms with Crippen LogP contribution in [0.2, 0.25) is 0 Å². The Balaban J connectivity index is 1.86. The molecular formula is C11H22N2. The van der Waals surface area contributed by atoms with E-state index in [0.29, 0.717) is 0 Å². The maximum Gasteiger partial charge on any atom is 0.0224 e. The van der Waals surface area contributed by atoms with Gasteiger partial charge >= 0.3 is 0 Å². The van der Waals surface area contributed by atoms with Crippen molar-refractivity contribution in [3.05, 3.63) is 0 Å². The fourth-order valence-electron chi connectivity index (χ4n) is 2.76. The number of piperidine rings is 1. The van der Waals surface area contributed by atoms with E-state index in [1.54, 1.807) is 0 Å². The molecule has 2 aliphatic rings. The number of rotatable bonds is 1. The van der Waals surface area contributed by atoms with Gasteiger partial charge in [0.2, 0.25) is 0 Å². The molecule has 3 unspecified atom stereocenters. The average molecular weight is 182 g/mol. The van der Waals surface area contributed by atoms with Gasteiger partial charge in [-0.25, -0.2) is 0 Å². The van der Waals surface area contributed by atoms with Crippen molar-refractivity contribution >= 4 is 0 Å². The highest BCUT2D eigenvalue weighted by molar-refractivity contribution is 4.87. The van der Waals surface area contributed by atoms with E-state index in [0.717, 1.165) is 18.1 Å². The van der Waals surface area contributed by atoms with Crippen LogP contribution in [0.3, 0.4) is 0 Å². The van der Waals surface area contributed by atoms with Crippen molar-refractivity contribution in [2.45, 2.75) is 57.7 Å². The van der Waals surface area contributed by atoms with Crippen molar-refractivity contribution < 1.29 is 0 Å². The van der Waals surface area contributed by atoms with E-state index in [9.17, 15) is 0 Å². The third-order valence-corrected chi connectivity index (χ3v) is 3.71. The standard InChI is InChI=1S/C11H22N2/c1-9-5-6-11(8-12-9)13-7-3-4-10(13)2/h9-12H,3-8H2,1-2H3. The summed E-state index contributed by atoms with van der Waals surface area (Å²) in [6, 6.07) is 2.41. The van der Waals surface area contributed by atoms with Gasteiger partial charge < -0.3 is 5.32 Å². The van der Waals surface area contributed by atoms with E-state index in [-0.39, 0.29) is 0 Å². The molecule has 2 heteroatoms. The van der Waals surface area contributed by atoms with Crippen molar-refractivity contribution in [2.75, 3.05) is 13.1 Å². The first-order chi connectivity index (χ1) is 6.27. The minimum absolute atomic E-state index is 0.745. The number of hydrogen-bond donors (Lipinski definition) is 1. The van der Waals surface area contributed by atoms with Gasteiger partial charge in [0.15, 0.2) is 0 Å². The second-order valence-corrected chi connectivity index (χ2v) is 4.77.